The Morgan fingerprint density at radius 3 is 2.27 bits per heavy atom. The maximum atomic E-state index is 13.2. The molecule has 0 aliphatic heterocycles. The van der Waals surface area contributed by atoms with Crippen molar-refractivity contribution in [3.8, 4) is 6.07 Å². The number of hydrogen-bond donors (Lipinski definition) is 2. The highest BCUT2D eigenvalue weighted by Crippen LogP contribution is 2.37. The first-order valence-electron chi connectivity index (χ1n) is 7.83. The predicted molar refractivity (Wildman–Crippen MR) is 99.2 cm³/mol. The van der Waals surface area contributed by atoms with Crippen LogP contribution in [0.2, 0.25) is 0 Å². The van der Waals surface area contributed by atoms with Gasteiger partial charge in [-0.25, -0.2) is 0 Å². The Balaban J connectivity index is 2.34. The van der Waals surface area contributed by atoms with Gasteiger partial charge in [0.15, 0.2) is 0 Å². The van der Waals surface area contributed by atoms with Crippen molar-refractivity contribution in [1.82, 2.24) is 0 Å². The number of anilines is 1. The van der Waals surface area contributed by atoms with Gasteiger partial charge in [0.1, 0.15) is 6.07 Å². The molecule has 136 valence electrons. The molecule has 3 nitrogen and oxygen atoms in total. The van der Waals surface area contributed by atoms with Crippen LogP contribution >= 0.6 is 11.8 Å². The molecule has 0 heterocycles. The molecular formula is C19H18F3N3S. The Bertz CT molecular complexity index is 834. The number of nitrogens with zero attached hydrogens (tertiary/aromatic N) is 1. The van der Waals surface area contributed by atoms with E-state index in [2.05, 4.69) is 5.32 Å². The molecule has 7 heteroatoms. The molecule has 2 aromatic carbocycles. The van der Waals surface area contributed by atoms with E-state index in [1.165, 1.54) is 18.2 Å². The standard InChI is InChI=1S/C19H18F3N3S/c1-12(2)25-13-7-9-14(10-8-13)26-18(24)16(11-23)15-5-3-4-6-17(15)19(20,21)22/h3-10,12,25H,24H2,1-2H3/b18-16-. The monoisotopic (exact) mass is 377 g/mol. The summed E-state index contributed by atoms with van der Waals surface area (Å²) in [6.45, 7) is 4.03. The summed E-state index contributed by atoms with van der Waals surface area (Å²) in [5, 5.41) is 12.6. The van der Waals surface area contributed by atoms with E-state index in [1.807, 2.05) is 32.0 Å². The van der Waals surface area contributed by atoms with E-state index in [1.54, 1.807) is 12.1 Å². The summed E-state index contributed by atoms with van der Waals surface area (Å²) in [7, 11) is 0. The van der Waals surface area contributed by atoms with Gasteiger partial charge in [0.05, 0.1) is 16.2 Å². The van der Waals surface area contributed by atoms with E-state index in [9.17, 15) is 18.4 Å². The molecule has 0 saturated carbocycles. The second kappa shape index (κ2) is 8.19. The molecule has 0 unspecified atom stereocenters. The molecular weight excluding hydrogens is 359 g/mol. The van der Waals surface area contributed by atoms with Gasteiger partial charge in [-0.15, -0.1) is 0 Å². The summed E-state index contributed by atoms with van der Waals surface area (Å²) < 4.78 is 39.6. The zero-order chi connectivity index (χ0) is 19.3. The summed E-state index contributed by atoms with van der Waals surface area (Å²) in [6.07, 6.45) is -4.56. The maximum absolute atomic E-state index is 13.2. The van der Waals surface area contributed by atoms with Crippen molar-refractivity contribution in [2.45, 2.75) is 31.0 Å². The minimum Gasteiger partial charge on any atom is -0.392 e. The zero-order valence-corrected chi connectivity index (χ0v) is 15.1. The third-order valence-corrected chi connectivity index (χ3v) is 4.33. The first-order chi connectivity index (χ1) is 12.2. The van der Waals surface area contributed by atoms with Gasteiger partial charge in [0.25, 0.3) is 0 Å². The normalized spacial score (nSPS) is 12.5. The molecule has 0 amide bonds. The van der Waals surface area contributed by atoms with Crippen molar-refractivity contribution in [2.24, 2.45) is 5.73 Å². The second-order valence-electron chi connectivity index (χ2n) is 5.82. The number of nitrogens with two attached hydrogens (primary N) is 1. The van der Waals surface area contributed by atoms with Gasteiger partial charge in [-0.1, -0.05) is 30.0 Å². The van der Waals surface area contributed by atoms with Crippen LogP contribution in [0.1, 0.15) is 25.0 Å². The average molecular weight is 377 g/mol. The minimum absolute atomic E-state index is 0.0220. The number of alkyl halides is 3. The molecule has 0 spiro atoms. The summed E-state index contributed by atoms with van der Waals surface area (Å²) in [6, 6.07) is 14.3. The Morgan fingerprint density at radius 2 is 1.73 bits per heavy atom. The van der Waals surface area contributed by atoms with E-state index in [-0.39, 0.29) is 22.2 Å². The Morgan fingerprint density at radius 1 is 1.12 bits per heavy atom. The van der Waals surface area contributed by atoms with Gasteiger partial charge in [0.2, 0.25) is 0 Å². The highest BCUT2D eigenvalue weighted by Gasteiger charge is 2.34. The van der Waals surface area contributed by atoms with Gasteiger partial charge in [-0.3, -0.25) is 0 Å². The molecule has 0 aromatic heterocycles. The van der Waals surface area contributed by atoms with Crippen molar-refractivity contribution in [3.63, 3.8) is 0 Å². The van der Waals surface area contributed by atoms with Crippen LogP contribution in [0.3, 0.4) is 0 Å². The first-order valence-corrected chi connectivity index (χ1v) is 8.65. The van der Waals surface area contributed by atoms with Crippen LogP contribution in [0.15, 0.2) is 58.5 Å². The quantitative estimate of drug-likeness (QED) is 0.536. The van der Waals surface area contributed by atoms with Gasteiger partial charge in [0, 0.05) is 22.2 Å². The number of benzene rings is 2. The number of hydrogen-bond acceptors (Lipinski definition) is 4. The lowest BCUT2D eigenvalue weighted by molar-refractivity contribution is -0.137. The molecule has 0 aliphatic rings. The van der Waals surface area contributed by atoms with Crippen LogP contribution in [0, 0.1) is 11.3 Å². The highest BCUT2D eigenvalue weighted by atomic mass is 32.2. The smallest absolute Gasteiger partial charge is 0.392 e. The lowest BCUT2D eigenvalue weighted by Gasteiger charge is -2.14. The summed E-state index contributed by atoms with van der Waals surface area (Å²) in [5.74, 6) is 0. The lowest BCUT2D eigenvalue weighted by Crippen LogP contribution is -2.10. The van der Waals surface area contributed by atoms with Crippen molar-refractivity contribution < 1.29 is 13.2 Å². The molecule has 26 heavy (non-hydrogen) atoms. The number of halogens is 3. The topological polar surface area (TPSA) is 61.8 Å². The van der Waals surface area contributed by atoms with Crippen molar-refractivity contribution in [2.75, 3.05) is 5.32 Å². The van der Waals surface area contributed by atoms with Crippen LogP contribution in [0.4, 0.5) is 18.9 Å². The third-order valence-electron chi connectivity index (χ3n) is 3.40. The van der Waals surface area contributed by atoms with Gasteiger partial charge >= 0.3 is 6.18 Å². The first kappa shape index (κ1) is 19.7. The van der Waals surface area contributed by atoms with Crippen LogP contribution in [-0.4, -0.2) is 6.04 Å². The van der Waals surface area contributed by atoms with Gasteiger partial charge in [-0.2, -0.15) is 18.4 Å². The fourth-order valence-corrected chi connectivity index (χ4v) is 3.11. The number of thioether (sulfide) groups is 1. The van der Waals surface area contributed by atoms with Crippen LogP contribution in [-0.2, 0) is 6.18 Å². The largest absolute Gasteiger partial charge is 0.417 e. The number of allylic oxidation sites excluding steroid dienone is 1. The fourth-order valence-electron chi connectivity index (χ4n) is 2.33. The maximum Gasteiger partial charge on any atom is 0.417 e. The van der Waals surface area contributed by atoms with E-state index in [0.717, 1.165) is 28.4 Å². The van der Waals surface area contributed by atoms with Crippen LogP contribution in [0.5, 0.6) is 0 Å². The number of nitrogens with one attached hydrogen (secondary N) is 1. The second-order valence-corrected chi connectivity index (χ2v) is 6.94. The molecule has 3 N–H and O–H groups in total. The van der Waals surface area contributed by atoms with E-state index in [4.69, 9.17) is 5.73 Å². The van der Waals surface area contributed by atoms with Crippen molar-refractivity contribution in [1.29, 1.82) is 5.26 Å². The molecule has 0 radical (unpaired) electrons. The van der Waals surface area contributed by atoms with Gasteiger partial charge < -0.3 is 11.1 Å². The SMILES string of the molecule is CC(C)Nc1ccc(S/C(N)=C(/C#N)c2ccccc2C(F)(F)F)cc1. The molecule has 2 rings (SSSR count). The molecule has 0 aliphatic carbocycles. The third kappa shape index (κ3) is 4.96. The molecule has 0 atom stereocenters. The molecule has 0 bridgehead atoms. The molecule has 0 saturated heterocycles. The number of nitriles is 1. The minimum atomic E-state index is -4.56. The lowest BCUT2D eigenvalue weighted by atomic mass is 10.0. The zero-order valence-electron chi connectivity index (χ0n) is 14.3. The van der Waals surface area contributed by atoms with E-state index in [0.29, 0.717) is 0 Å². The molecule has 2 aromatic rings. The Labute approximate surface area is 154 Å². The van der Waals surface area contributed by atoms with Crippen molar-refractivity contribution >= 4 is 23.0 Å². The fraction of sp³-hybridized carbons (Fsp3) is 0.211. The number of rotatable bonds is 5. The van der Waals surface area contributed by atoms with Crippen molar-refractivity contribution in [3.05, 3.63) is 64.7 Å². The van der Waals surface area contributed by atoms with Gasteiger partial charge in [-0.05, 0) is 44.2 Å². The Hall–Kier alpha value is -2.59. The summed E-state index contributed by atoms with van der Waals surface area (Å²) >= 11 is 1.06. The molecule has 0 fully saturated rings. The predicted octanol–water partition coefficient (Wildman–Crippen LogP) is 5.47. The van der Waals surface area contributed by atoms with Crippen LogP contribution < -0.4 is 11.1 Å². The average Bonchev–Trinajstić information content (AvgIpc) is 2.56. The van der Waals surface area contributed by atoms with Crippen LogP contribution in [0.25, 0.3) is 5.57 Å². The summed E-state index contributed by atoms with van der Waals surface area (Å²) in [5.41, 5.74) is 5.60. The highest BCUT2D eigenvalue weighted by molar-refractivity contribution is 8.03. The van der Waals surface area contributed by atoms with E-state index >= 15 is 0 Å². The summed E-state index contributed by atoms with van der Waals surface area (Å²) in [4.78, 5) is 0.731. The Kier molecular flexibility index (Phi) is 6.22. The van der Waals surface area contributed by atoms with E-state index < -0.39 is 11.7 Å².